The Bertz CT molecular complexity index is 598. The second-order valence-corrected chi connectivity index (χ2v) is 5.58. The Labute approximate surface area is 129 Å². The summed E-state index contributed by atoms with van der Waals surface area (Å²) in [5.41, 5.74) is 1.88. The van der Waals surface area contributed by atoms with Gasteiger partial charge >= 0.3 is 5.97 Å². The fraction of sp³-hybridized carbons (Fsp3) is 0.500. The molecule has 0 saturated heterocycles. The van der Waals surface area contributed by atoms with Crippen LogP contribution in [0.4, 0.5) is 0 Å². The summed E-state index contributed by atoms with van der Waals surface area (Å²) in [5.74, 6) is -0.849. The Morgan fingerprint density at radius 1 is 1.23 bits per heavy atom. The van der Waals surface area contributed by atoms with Gasteiger partial charge in [0.15, 0.2) is 11.5 Å². The fourth-order valence-electron chi connectivity index (χ4n) is 2.62. The minimum absolute atomic E-state index is 0.214. The molecule has 0 aromatic heterocycles. The molecule has 1 aliphatic carbocycles. The Hall–Kier alpha value is -2.24. The van der Waals surface area contributed by atoms with Gasteiger partial charge in [-0.1, -0.05) is 0 Å². The molecule has 22 heavy (non-hydrogen) atoms. The molecule has 0 aliphatic heterocycles. The molecule has 0 spiro atoms. The summed E-state index contributed by atoms with van der Waals surface area (Å²) in [6.07, 6.45) is 0.415. The molecule has 1 amide bonds. The van der Waals surface area contributed by atoms with Gasteiger partial charge in [-0.3, -0.25) is 9.59 Å². The Kier molecular flexibility index (Phi) is 4.59. The van der Waals surface area contributed by atoms with Crippen molar-refractivity contribution in [3.05, 3.63) is 23.3 Å². The highest BCUT2D eigenvalue weighted by molar-refractivity contribution is 5.89. The number of carboxylic acid groups (broad SMARTS) is 1. The molecule has 1 aliphatic rings. The van der Waals surface area contributed by atoms with Crippen molar-refractivity contribution in [3.63, 3.8) is 0 Å². The van der Waals surface area contributed by atoms with Gasteiger partial charge in [-0.2, -0.15) is 0 Å². The number of benzene rings is 1. The van der Waals surface area contributed by atoms with Crippen LogP contribution in [0.25, 0.3) is 0 Å². The summed E-state index contributed by atoms with van der Waals surface area (Å²) in [6.45, 7) is 3.79. The summed E-state index contributed by atoms with van der Waals surface area (Å²) >= 11 is 0. The number of amides is 1. The van der Waals surface area contributed by atoms with E-state index >= 15 is 0 Å². The van der Waals surface area contributed by atoms with Crippen LogP contribution >= 0.6 is 0 Å². The summed E-state index contributed by atoms with van der Waals surface area (Å²) in [7, 11) is 3.13. The van der Waals surface area contributed by atoms with Crippen molar-refractivity contribution in [1.29, 1.82) is 0 Å². The van der Waals surface area contributed by atoms with Gasteiger partial charge in [-0.15, -0.1) is 0 Å². The number of nitrogens with one attached hydrogen (secondary N) is 1. The van der Waals surface area contributed by atoms with E-state index in [4.69, 9.17) is 14.6 Å². The quantitative estimate of drug-likeness (QED) is 0.838. The zero-order chi connectivity index (χ0) is 16.4. The number of hydrogen-bond donors (Lipinski definition) is 2. The lowest BCUT2D eigenvalue weighted by Crippen LogP contribution is -2.29. The molecular weight excluding hydrogens is 286 g/mol. The highest BCUT2D eigenvalue weighted by Gasteiger charge is 2.48. The van der Waals surface area contributed by atoms with Crippen molar-refractivity contribution in [2.24, 2.45) is 11.8 Å². The van der Waals surface area contributed by atoms with Crippen LogP contribution in [0.5, 0.6) is 11.5 Å². The smallest absolute Gasteiger partial charge is 0.307 e. The molecule has 1 fully saturated rings. The first-order chi connectivity index (χ1) is 10.4. The van der Waals surface area contributed by atoms with E-state index in [1.54, 1.807) is 14.2 Å². The lowest BCUT2D eigenvalue weighted by molar-refractivity contribution is -0.140. The molecule has 0 bridgehead atoms. The van der Waals surface area contributed by atoms with E-state index in [0.29, 0.717) is 17.9 Å². The number of hydrogen-bond acceptors (Lipinski definition) is 4. The van der Waals surface area contributed by atoms with Crippen molar-refractivity contribution < 1.29 is 24.2 Å². The topological polar surface area (TPSA) is 84.9 Å². The van der Waals surface area contributed by atoms with Gasteiger partial charge in [-0.25, -0.2) is 0 Å². The van der Waals surface area contributed by atoms with Gasteiger partial charge in [0.05, 0.1) is 32.1 Å². The molecule has 6 nitrogen and oxygen atoms in total. The summed E-state index contributed by atoms with van der Waals surface area (Å²) < 4.78 is 10.5. The van der Waals surface area contributed by atoms with Gasteiger partial charge < -0.3 is 19.9 Å². The largest absolute Gasteiger partial charge is 0.493 e. The maximum Gasteiger partial charge on any atom is 0.307 e. The second-order valence-electron chi connectivity index (χ2n) is 5.58. The minimum atomic E-state index is -0.907. The number of carbonyl (C=O) groups is 2. The van der Waals surface area contributed by atoms with E-state index < -0.39 is 17.8 Å². The molecule has 2 rings (SSSR count). The fourth-order valence-corrected chi connectivity index (χ4v) is 2.62. The average molecular weight is 307 g/mol. The number of carboxylic acids is 1. The van der Waals surface area contributed by atoms with Gasteiger partial charge in [-0.05, 0) is 43.5 Å². The van der Waals surface area contributed by atoms with Crippen LogP contribution in [0.3, 0.4) is 0 Å². The van der Waals surface area contributed by atoms with Gasteiger partial charge in [0, 0.05) is 0 Å². The average Bonchev–Trinajstić information content (AvgIpc) is 3.27. The molecule has 0 radical (unpaired) electrons. The van der Waals surface area contributed by atoms with Crippen LogP contribution in [0, 0.1) is 18.8 Å². The van der Waals surface area contributed by atoms with Gasteiger partial charge in [0.2, 0.25) is 5.91 Å². The van der Waals surface area contributed by atoms with E-state index in [-0.39, 0.29) is 11.9 Å². The summed E-state index contributed by atoms with van der Waals surface area (Å²) in [6, 6.07) is 3.46. The van der Waals surface area contributed by atoms with E-state index in [1.165, 1.54) is 0 Å². The van der Waals surface area contributed by atoms with Crippen LogP contribution in [-0.4, -0.2) is 31.2 Å². The molecule has 0 heterocycles. The number of methoxy groups -OCH3 is 2. The maximum atomic E-state index is 12.1. The van der Waals surface area contributed by atoms with Gasteiger partial charge in [0.25, 0.3) is 0 Å². The Morgan fingerprint density at radius 3 is 2.32 bits per heavy atom. The first-order valence-electron chi connectivity index (χ1n) is 7.14. The predicted octanol–water partition coefficient (Wildman–Crippen LogP) is 1.91. The van der Waals surface area contributed by atoms with Crippen LogP contribution in [-0.2, 0) is 9.59 Å². The van der Waals surface area contributed by atoms with Crippen LogP contribution in [0.2, 0.25) is 0 Å². The maximum absolute atomic E-state index is 12.1. The lowest BCUT2D eigenvalue weighted by atomic mass is 10.0. The van der Waals surface area contributed by atoms with Gasteiger partial charge in [0.1, 0.15) is 0 Å². The monoisotopic (exact) mass is 307 g/mol. The predicted molar refractivity (Wildman–Crippen MR) is 80.1 cm³/mol. The standard InChI is InChI=1S/C16H21NO5/c1-8-5-13(21-3)14(22-4)7-10(8)9(2)17-15(18)11-6-12(11)16(19)20/h5,7,9,11-12H,6H2,1-4H3,(H,17,18)(H,19,20)/t9-,11-,12-/m0/s1. The molecule has 1 aromatic carbocycles. The highest BCUT2D eigenvalue weighted by Crippen LogP contribution is 2.39. The molecule has 0 unspecified atom stereocenters. The SMILES string of the molecule is COc1cc(C)c([C@H](C)NC(=O)[C@H]2C[C@@H]2C(=O)O)cc1OC. The minimum Gasteiger partial charge on any atom is -0.493 e. The van der Waals surface area contributed by atoms with E-state index in [1.807, 2.05) is 26.0 Å². The Morgan fingerprint density at radius 2 is 1.82 bits per heavy atom. The molecule has 3 atom stereocenters. The number of aliphatic carboxylic acids is 1. The third kappa shape index (κ3) is 3.16. The second kappa shape index (κ2) is 6.25. The molecule has 2 N–H and O–H groups in total. The number of rotatable bonds is 6. The van der Waals surface area contributed by atoms with Crippen molar-refractivity contribution in [2.75, 3.05) is 14.2 Å². The Balaban J connectivity index is 2.11. The molecule has 1 saturated carbocycles. The molecule has 6 heteroatoms. The van der Waals surface area contributed by atoms with E-state index in [2.05, 4.69) is 5.32 Å². The van der Waals surface area contributed by atoms with Crippen molar-refractivity contribution >= 4 is 11.9 Å². The van der Waals surface area contributed by atoms with Crippen molar-refractivity contribution in [3.8, 4) is 11.5 Å². The molecular formula is C16H21NO5. The zero-order valence-electron chi connectivity index (χ0n) is 13.2. The summed E-state index contributed by atoms with van der Waals surface area (Å²) in [4.78, 5) is 22.9. The van der Waals surface area contributed by atoms with Crippen molar-refractivity contribution in [2.45, 2.75) is 26.3 Å². The third-order valence-electron chi connectivity index (χ3n) is 4.04. The van der Waals surface area contributed by atoms with E-state index in [9.17, 15) is 9.59 Å². The van der Waals surface area contributed by atoms with Crippen LogP contribution in [0.1, 0.15) is 30.5 Å². The molecule has 1 aromatic rings. The van der Waals surface area contributed by atoms with Crippen LogP contribution < -0.4 is 14.8 Å². The third-order valence-corrected chi connectivity index (χ3v) is 4.04. The zero-order valence-corrected chi connectivity index (χ0v) is 13.2. The summed E-state index contributed by atoms with van der Waals surface area (Å²) in [5, 5.41) is 11.8. The number of aryl methyl sites for hydroxylation is 1. The first-order valence-corrected chi connectivity index (χ1v) is 7.14. The molecule has 120 valence electrons. The van der Waals surface area contributed by atoms with Crippen molar-refractivity contribution in [1.82, 2.24) is 5.32 Å². The normalized spacial score (nSPS) is 20.9. The van der Waals surface area contributed by atoms with E-state index in [0.717, 1.165) is 11.1 Å². The number of carbonyl (C=O) groups excluding carboxylic acids is 1. The number of ether oxygens (including phenoxy) is 2. The lowest BCUT2D eigenvalue weighted by Gasteiger charge is -2.19. The van der Waals surface area contributed by atoms with Crippen LogP contribution in [0.15, 0.2) is 12.1 Å². The highest BCUT2D eigenvalue weighted by atomic mass is 16.5. The first kappa shape index (κ1) is 16.1.